The molecule has 5 heteroatoms. The summed E-state index contributed by atoms with van der Waals surface area (Å²) in [5, 5.41) is 9.13. The van der Waals surface area contributed by atoms with E-state index in [4.69, 9.17) is 5.11 Å². The van der Waals surface area contributed by atoms with E-state index in [9.17, 15) is 8.42 Å². The van der Waals surface area contributed by atoms with Crippen LogP contribution < -0.4 is 0 Å². The third-order valence-corrected chi connectivity index (χ3v) is 4.46. The molecule has 0 bridgehead atoms. The molecule has 0 saturated heterocycles. The number of sulfonamides is 1. The van der Waals surface area contributed by atoms with Crippen molar-refractivity contribution in [3.63, 3.8) is 0 Å². The van der Waals surface area contributed by atoms with Gasteiger partial charge in [0.05, 0.1) is 5.75 Å². The molecule has 0 spiro atoms. The summed E-state index contributed by atoms with van der Waals surface area (Å²) in [7, 11) is -1.58. The Balaban J connectivity index is 2.65. The Morgan fingerprint density at radius 1 is 1.24 bits per heavy atom. The van der Waals surface area contributed by atoms with Gasteiger partial charge in [-0.15, -0.1) is 0 Å². The molecule has 0 aliphatic heterocycles. The maximum absolute atomic E-state index is 11.8. The van der Waals surface area contributed by atoms with Crippen LogP contribution in [-0.4, -0.2) is 30.6 Å². The van der Waals surface area contributed by atoms with Crippen LogP contribution in [0.4, 0.5) is 0 Å². The van der Waals surface area contributed by atoms with Gasteiger partial charge >= 0.3 is 0 Å². The van der Waals surface area contributed by atoms with E-state index in [1.807, 2.05) is 6.92 Å². The molecule has 0 aromatic heterocycles. The van der Waals surface area contributed by atoms with E-state index in [1.54, 1.807) is 31.3 Å². The average molecular weight is 257 g/mol. The molecule has 0 fully saturated rings. The number of phenols is 1. The SMILES string of the molecule is CCCCS(=O)(=O)N(C)Cc1ccc(O)cc1. The topological polar surface area (TPSA) is 57.6 Å². The molecule has 96 valence electrons. The van der Waals surface area contributed by atoms with Gasteiger partial charge in [0.1, 0.15) is 5.75 Å². The molecule has 0 atom stereocenters. The molecule has 1 aromatic rings. The minimum atomic E-state index is -3.16. The lowest BCUT2D eigenvalue weighted by atomic mass is 10.2. The van der Waals surface area contributed by atoms with Crippen molar-refractivity contribution < 1.29 is 13.5 Å². The van der Waals surface area contributed by atoms with Crippen molar-refractivity contribution in [1.82, 2.24) is 4.31 Å². The normalized spacial score (nSPS) is 11.9. The highest BCUT2D eigenvalue weighted by Crippen LogP contribution is 2.13. The van der Waals surface area contributed by atoms with Crippen molar-refractivity contribution in [1.29, 1.82) is 0 Å². The van der Waals surface area contributed by atoms with Crippen LogP contribution in [0.15, 0.2) is 24.3 Å². The highest BCUT2D eigenvalue weighted by atomic mass is 32.2. The second-order valence-corrected chi connectivity index (χ2v) is 6.29. The minimum absolute atomic E-state index is 0.185. The molecule has 1 rings (SSSR count). The maximum Gasteiger partial charge on any atom is 0.214 e. The van der Waals surface area contributed by atoms with Crippen molar-refractivity contribution in [3.8, 4) is 5.75 Å². The number of hydrogen-bond acceptors (Lipinski definition) is 3. The van der Waals surface area contributed by atoms with Crippen LogP contribution in [0.25, 0.3) is 0 Å². The van der Waals surface area contributed by atoms with Gasteiger partial charge in [0, 0.05) is 13.6 Å². The monoisotopic (exact) mass is 257 g/mol. The van der Waals surface area contributed by atoms with E-state index < -0.39 is 10.0 Å². The molecule has 1 N–H and O–H groups in total. The first-order chi connectivity index (χ1) is 7.95. The molecule has 4 nitrogen and oxygen atoms in total. The van der Waals surface area contributed by atoms with Crippen LogP contribution in [0.3, 0.4) is 0 Å². The van der Waals surface area contributed by atoms with Crippen molar-refractivity contribution in [2.24, 2.45) is 0 Å². The van der Waals surface area contributed by atoms with Gasteiger partial charge in [-0.25, -0.2) is 12.7 Å². The van der Waals surface area contributed by atoms with Crippen LogP contribution in [0.2, 0.25) is 0 Å². The Bertz CT molecular complexity index is 439. The van der Waals surface area contributed by atoms with Crippen LogP contribution in [0.1, 0.15) is 25.3 Å². The summed E-state index contributed by atoms with van der Waals surface area (Å²) in [5.41, 5.74) is 0.866. The van der Waals surface area contributed by atoms with E-state index in [0.29, 0.717) is 13.0 Å². The van der Waals surface area contributed by atoms with Crippen LogP contribution in [0, 0.1) is 0 Å². The fourth-order valence-corrected chi connectivity index (χ4v) is 2.75. The quantitative estimate of drug-likeness (QED) is 0.847. The number of unbranched alkanes of at least 4 members (excludes halogenated alkanes) is 1. The second kappa shape index (κ2) is 6.02. The van der Waals surface area contributed by atoms with E-state index in [-0.39, 0.29) is 11.5 Å². The lowest BCUT2D eigenvalue weighted by molar-refractivity contribution is 0.462. The molecule has 0 amide bonds. The van der Waals surface area contributed by atoms with E-state index in [1.165, 1.54) is 4.31 Å². The molecule has 0 aliphatic carbocycles. The smallest absolute Gasteiger partial charge is 0.214 e. The number of nitrogens with zero attached hydrogens (tertiary/aromatic N) is 1. The Hall–Kier alpha value is -1.07. The van der Waals surface area contributed by atoms with Crippen molar-refractivity contribution >= 4 is 10.0 Å². The standard InChI is InChI=1S/C12H19NO3S/c1-3-4-9-17(15,16)13(2)10-11-5-7-12(14)8-6-11/h5-8,14H,3-4,9-10H2,1-2H3. The molecule has 0 saturated carbocycles. The predicted molar refractivity (Wildman–Crippen MR) is 68.3 cm³/mol. The van der Waals surface area contributed by atoms with Crippen molar-refractivity contribution in [2.45, 2.75) is 26.3 Å². The molecule has 0 radical (unpaired) electrons. The lowest BCUT2D eigenvalue weighted by Gasteiger charge is -2.17. The zero-order chi connectivity index (χ0) is 12.9. The molecule has 1 aromatic carbocycles. The first-order valence-corrected chi connectivity index (χ1v) is 7.28. The molecule has 0 aliphatic rings. The number of aromatic hydroxyl groups is 1. The fourth-order valence-electron chi connectivity index (χ4n) is 1.44. The number of hydrogen-bond donors (Lipinski definition) is 1. The summed E-state index contributed by atoms with van der Waals surface area (Å²) >= 11 is 0. The van der Waals surface area contributed by atoms with Gasteiger partial charge in [-0.1, -0.05) is 25.5 Å². The highest BCUT2D eigenvalue weighted by Gasteiger charge is 2.16. The largest absolute Gasteiger partial charge is 0.508 e. The Kier molecular flexibility index (Phi) is 4.96. The van der Waals surface area contributed by atoms with Gasteiger partial charge in [-0.3, -0.25) is 0 Å². The molecule has 0 heterocycles. The predicted octanol–water partition coefficient (Wildman–Crippen LogP) is 1.95. The summed E-state index contributed by atoms with van der Waals surface area (Å²) in [6, 6.07) is 6.56. The van der Waals surface area contributed by atoms with Gasteiger partial charge in [0.2, 0.25) is 10.0 Å². The van der Waals surface area contributed by atoms with Crippen LogP contribution >= 0.6 is 0 Å². The second-order valence-electron chi connectivity index (χ2n) is 4.09. The average Bonchev–Trinajstić information content (AvgIpc) is 2.29. The van der Waals surface area contributed by atoms with Gasteiger partial charge < -0.3 is 5.11 Å². The summed E-state index contributed by atoms with van der Waals surface area (Å²) < 4.78 is 25.0. The number of phenolic OH excluding ortho intramolecular Hbond substituents is 1. The van der Waals surface area contributed by atoms with Gasteiger partial charge in [-0.05, 0) is 24.1 Å². The van der Waals surface area contributed by atoms with E-state index >= 15 is 0 Å². The van der Waals surface area contributed by atoms with Gasteiger partial charge in [0.15, 0.2) is 0 Å². The van der Waals surface area contributed by atoms with E-state index in [2.05, 4.69) is 0 Å². The minimum Gasteiger partial charge on any atom is -0.508 e. The fraction of sp³-hybridized carbons (Fsp3) is 0.500. The Labute approximate surface area is 103 Å². The molecule has 17 heavy (non-hydrogen) atoms. The molecular formula is C12H19NO3S. The summed E-state index contributed by atoms with van der Waals surface area (Å²) in [6.45, 7) is 2.31. The number of rotatable bonds is 6. The van der Waals surface area contributed by atoms with Gasteiger partial charge in [0.25, 0.3) is 0 Å². The number of benzene rings is 1. The van der Waals surface area contributed by atoms with Gasteiger partial charge in [-0.2, -0.15) is 0 Å². The summed E-state index contributed by atoms with van der Waals surface area (Å²) in [4.78, 5) is 0. The zero-order valence-electron chi connectivity index (χ0n) is 10.3. The molecule has 0 unspecified atom stereocenters. The Morgan fingerprint density at radius 2 is 1.82 bits per heavy atom. The maximum atomic E-state index is 11.8. The third kappa shape index (κ3) is 4.36. The van der Waals surface area contributed by atoms with Crippen molar-refractivity contribution in [2.75, 3.05) is 12.8 Å². The van der Waals surface area contributed by atoms with Crippen LogP contribution in [-0.2, 0) is 16.6 Å². The van der Waals surface area contributed by atoms with Crippen molar-refractivity contribution in [3.05, 3.63) is 29.8 Å². The first kappa shape index (κ1) is 14.0. The summed E-state index contributed by atoms with van der Waals surface area (Å²) in [6.07, 6.45) is 1.55. The van der Waals surface area contributed by atoms with E-state index in [0.717, 1.165) is 12.0 Å². The summed E-state index contributed by atoms with van der Waals surface area (Å²) in [5.74, 6) is 0.378. The lowest BCUT2D eigenvalue weighted by Crippen LogP contribution is -2.28. The highest BCUT2D eigenvalue weighted by molar-refractivity contribution is 7.89. The Morgan fingerprint density at radius 3 is 2.35 bits per heavy atom. The zero-order valence-corrected chi connectivity index (χ0v) is 11.1. The third-order valence-electron chi connectivity index (χ3n) is 2.57. The first-order valence-electron chi connectivity index (χ1n) is 5.67. The van der Waals surface area contributed by atoms with Crippen LogP contribution in [0.5, 0.6) is 5.75 Å². The molecular weight excluding hydrogens is 238 g/mol.